The molecule has 0 unspecified atom stereocenters. The number of carbonyl (C=O) groups is 5. The summed E-state index contributed by atoms with van der Waals surface area (Å²) in [5.74, 6) is -2.02. The molecule has 3 aromatic heterocycles. The molecule has 1 fully saturated rings. The zero-order valence-electron chi connectivity index (χ0n) is 38.0. The van der Waals surface area contributed by atoms with Gasteiger partial charge in [0, 0.05) is 74.2 Å². The zero-order valence-corrected chi connectivity index (χ0v) is 38.8. The number of aliphatic hydroxyl groups excluding tert-OH is 1. The Labute approximate surface area is 387 Å². The number of rotatable bonds is 18. The molecule has 0 spiro atoms. The van der Waals surface area contributed by atoms with Crippen LogP contribution < -0.4 is 32.7 Å². The topological polar surface area (TPSA) is 248 Å². The van der Waals surface area contributed by atoms with E-state index < -0.39 is 35.3 Å². The van der Waals surface area contributed by atoms with Gasteiger partial charge >= 0.3 is 0 Å². The second-order valence-corrected chi connectivity index (χ2v) is 18.7. The number of benzene rings is 2. The van der Waals surface area contributed by atoms with Crippen LogP contribution in [-0.2, 0) is 30.5 Å². The predicted octanol–water partition coefficient (Wildman–Crippen LogP) is 5.94. The molecule has 3 atom stereocenters. The fourth-order valence-electron chi connectivity index (χ4n) is 7.91. The van der Waals surface area contributed by atoms with Crippen LogP contribution in [-0.4, -0.2) is 85.8 Å². The summed E-state index contributed by atoms with van der Waals surface area (Å²) >= 11 is 1.56. The Bertz CT molecular complexity index is 2580. The van der Waals surface area contributed by atoms with Gasteiger partial charge in [0.05, 0.1) is 39.8 Å². The molecule has 1 aliphatic heterocycles. The normalized spacial score (nSPS) is 15.3. The number of aromatic nitrogens is 3. The van der Waals surface area contributed by atoms with E-state index in [-0.39, 0.29) is 79.5 Å². The molecule has 1 aliphatic rings. The number of halogens is 1. The quantitative estimate of drug-likeness (QED) is 0.0401. The molecule has 5 amide bonds. The van der Waals surface area contributed by atoms with Crippen LogP contribution in [0.5, 0.6) is 0 Å². The maximum atomic E-state index is 15.3. The average Bonchev–Trinajstić information content (AvgIpc) is 3.90. The molecule has 0 bridgehead atoms. The first-order valence-corrected chi connectivity index (χ1v) is 23.0. The van der Waals surface area contributed by atoms with E-state index in [1.807, 2.05) is 52.0 Å². The molecular weight excluding hydrogens is 864 g/mol. The van der Waals surface area contributed by atoms with Crippen LogP contribution >= 0.6 is 11.3 Å². The van der Waals surface area contributed by atoms with E-state index in [1.165, 1.54) is 23.5 Å². The first-order valence-electron chi connectivity index (χ1n) is 22.1. The second-order valence-electron chi connectivity index (χ2n) is 17.9. The van der Waals surface area contributed by atoms with E-state index in [9.17, 15) is 29.1 Å². The Hall–Kier alpha value is -6.53. The first kappa shape index (κ1) is 48.9. The van der Waals surface area contributed by atoms with Gasteiger partial charge in [0.1, 0.15) is 17.9 Å². The van der Waals surface area contributed by atoms with E-state index in [0.717, 1.165) is 21.7 Å². The number of thiazole rings is 1. The van der Waals surface area contributed by atoms with Crippen molar-refractivity contribution in [3.05, 3.63) is 83.1 Å². The number of β-amino-alcohol motifs (C(OH)–C–C–N with tert-alkyl or cyclic N) is 1. The summed E-state index contributed by atoms with van der Waals surface area (Å²) in [5.41, 5.74) is 17.8. The minimum atomic E-state index is -0.931. The summed E-state index contributed by atoms with van der Waals surface area (Å²) in [6.45, 7) is 9.87. The van der Waals surface area contributed by atoms with Crippen LogP contribution in [0, 0.1) is 25.1 Å². The Kier molecular flexibility index (Phi) is 16.0. The van der Waals surface area contributed by atoms with Crippen molar-refractivity contribution in [3.63, 3.8) is 0 Å². The monoisotopic (exact) mass is 922 g/mol. The lowest BCUT2D eigenvalue weighted by Gasteiger charge is -2.35. The number of fused-ring (bicyclic) bond motifs is 1. The van der Waals surface area contributed by atoms with Gasteiger partial charge in [-0.2, -0.15) is 0 Å². The standard InChI is InChI=1S/C48H59FN10O6S/c1-27-34(22-52-24-36(27)50)33-18-31-19-38(54-23-35(31)43(51)42(33)49)57-40(62)12-9-11-39(61)53-17-8-6-7-10-41(63)58-45(48(3,4)5)47(65)59-25-32(60)20-37(59)46(64)55-21-29-13-15-30(16-14-29)44-28(2)56-26-66-44/h13-16,18-19,22-24,26,32,37,45,60H,6-12,17,20-21,25,50-51H2,1-5H3,(H,53,61)(H,55,64)(H,58,63)(H,54,57,62)/t32-,37+,45-/m1/s1. The summed E-state index contributed by atoms with van der Waals surface area (Å²) in [7, 11) is 0. The molecule has 0 aliphatic carbocycles. The van der Waals surface area contributed by atoms with Gasteiger partial charge in [-0.3, -0.25) is 29.0 Å². The van der Waals surface area contributed by atoms with Crippen molar-refractivity contribution in [3.8, 4) is 21.6 Å². The third kappa shape index (κ3) is 12.2. The fraction of sp³-hybridized carbons (Fsp3) is 0.417. The van der Waals surface area contributed by atoms with Crippen molar-refractivity contribution in [1.29, 1.82) is 0 Å². The van der Waals surface area contributed by atoms with E-state index in [2.05, 4.69) is 36.2 Å². The Morgan fingerprint density at radius 1 is 0.894 bits per heavy atom. The smallest absolute Gasteiger partial charge is 0.246 e. The Morgan fingerprint density at radius 2 is 1.62 bits per heavy atom. The molecule has 66 heavy (non-hydrogen) atoms. The number of hydrogen-bond acceptors (Lipinski definition) is 12. The van der Waals surface area contributed by atoms with Crippen LogP contribution in [0.4, 0.5) is 21.6 Å². The second kappa shape index (κ2) is 21.6. The molecule has 0 radical (unpaired) electrons. The van der Waals surface area contributed by atoms with Crippen molar-refractivity contribution < 1.29 is 33.5 Å². The average molecular weight is 923 g/mol. The minimum Gasteiger partial charge on any atom is -0.397 e. The minimum absolute atomic E-state index is 0.0176. The first-order chi connectivity index (χ1) is 31.4. The van der Waals surface area contributed by atoms with Gasteiger partial charge in [0.15, 0.2) is 5.82 Å². The summed E-state index contributed by atoms with van der Waals surface area (Å²) in [5, 5.41) is 22.9. The Balaban J connectivity index is 0.889. The lowest BCUT2D eigenvalue weighted by Crippen LogP contribution is -2.57. The number of anilines is 3. The number of amides is 5. The van der Waals surface area contributed by atoms with Crippen molar-refractivity contribution in [2.45, 2.75) is 111 Å². The maximum Gasteiger partial charge on any atom is 0.246 e. The van der Waals surface area contributed by atoms with Crippen LogP contribution in [0.2, 0.25) is 0 Å². The third-order valence-corrected chi connectivity index (χ3v) is 12.7. The number of hydrogen-bond donors (Lipinski definition) is 7. The van der Waals surface area contributed by atoms with Gasteiger partial charge in [0.2, 0.25) is 29.5 Å². The lowest BCUT2D eigenvalue weighted by atomic mass is 9.85. The van der Waals surface area contributed by atoms with Crippen molar-refractivity contribution in [2.24, 2.45) is 5.41 Å². The number of likely N-dealkylation sites (tertiary alicyclic amines) is 1. The van der Waals surface area contributed by atoms with Gasteiger partial charge in [-0.1, -0.05) is 51.5 Å². The Morgan fingerprint density at radius 3 is 2.33 bits per heavy atom. The number of nitrogen functional groups attached to an aromatic ring is 2. The number of unbranched alkanes of at least 4 members (excludes halogenated alkanes) is 2. The van der Waals surface area contributed by atoms with Gasteiger partial charge < -0.3 is 42.7 Å². The number of carbonyl (C=O) groups excluding carboxylic acids is 5. The van der Waals surface area contributed by atoms with Crippen LogP contribution in [0.1, 0.15) is 89.0 Å². The van der Waals surface area contributed by atoms with Gasteiger partial charge in [-0.05, 0) is 72.7 Å². The number of aryl methyl sites for hydroxylation is 1. The summed E-state index contributed by atoms with van der Waals surface area (Å²) in [6.07, 6.45) is 6.08. The zero-order chi connectivity index (χ0) is 47.7. The molecule has 0 saturated carbocycles. The highest BCUT2D eigenvalue weighted by atomic mass is 32.1. The molecule has 5 aromatic rings. The fourth-order valence-corrected chi connectivity index (χ4v) is 8.72. The summed E-state index contributed by atoms with van der Waals surface area (Å²) < 4.78 is 15.3. The van der Waals surface area contributed by atoms with E-state index >= 15 is 4.39 Å². The van der Waals surface area contributed by atoms with Gasteiger partial charge in [-0.25, -0.2) is 14.4 Å². The van der Waals surface area contributed by atoms with Crippen molar-refractivity contribution >= 4 is 68.8 Å². The highest BCUT2D eigenvalue weighted by molar-refractivity contribution is 7.13. The van der Waals surface area contributed by atoms with Gasteiger partial charge in [0.25, 0.3) is 0 Å². The molecule has 9 N–H and O–H groups in total. The molecule has 18 heteroatoms. The maximum absolute atomic E-state index is 15.3. The molecule has 350 valence electrons. The lowest BCUT2D eigenvalue weighted by molar-refractivity contribution is -0.144. The van der Waals surface area contributed by atoms with Crippen molar-refractivity contribution in [1.82, 2.24) is 35.8 Å². The van der Waals surface area contributed by atoms with E-state index in [0.29, 0.717) is 59.8 Å². The molecule has 16 nitrogen and oxygen atoms in total. The van der Waals surface area contributed by atoms with Crippen LogP contribution in [0.3, 0.4) is 0 Å². The number of nitrogens with one attached hydrogen (secondary N) is 4. The summed E-state index contributed by atoms with van der Waals surface area (Å²) in [6, 6.07) is 9.23. The SMILES string of the molecule is Cc1ncsc1-c1ccc(CNC(=O)[C@@H]2C[C@@H](O)CN2C(=O)[C@@H](NC(=O)CCCCCNC(=O)CCCC(=O)Nc2cc3cc(-c4cncc(N)c4C)c(F)c(N)c3cn2)C(C)(C)C)cc1. The predicted molar refractivity (Wildman–Crippen MR) is 254 cm³/mol. The number of aliphatic hydroxyl groups is 1. The molecule has 2 aromatic carbocycles. The highest BCUT2D eigenvalue weighted by Gasteiger charge is 2.44. The molecule has 4 heterocycles. The molecular formula is C48H59FN10O6S. The van der Waals surface area contributed by atoms with Crippen LogP contribution in [0.15, 0.2) is 60.5 Å². The largest absolute Gasteiger partial charge is 0.397 e. The number of pyridine rings is 2. The third-order valence-electron chi connectivity index (χ3n) is 11.7. The number of nitrogens with zero attached hydrogens (tertiary/aromatic N) is 4. The van der Waals surface area contributed by atoms with Gasteiger partial charge in [-0.15, -0.1) is 11.3 Å². The molecule has 1 saturated heterocycles. The highest BCUT2D eigenvalue weighted by Crippen LogP contribution is 2.36. The number of nitrogens with two attached hydrogens (primary N) is 2. The van der Waals surface area contributed by atoms with Crippen LogP contribution in [0.25, 0.3) is 32.3 Å². The van der Waals surface area contributed by atoms with E-state index in [4.69, 9.17) is 11.5 Å². The van der Waals surface area contributed by atoms with E-state index in [1.54, 1.807) is 35.9 Å². The van der Waals surface area contributed by atoms with Crippen molar-refractivity contribution in [2.75, 3.05) is 29.9 Å². The summed E-state index contributed by atoms with van der Waals surface area (Å²) in [4.78, 5) is 80.8. The molecule has 6 rings (SSSR count).